The summed E-state index contributed by atoms with van der Waals surface area (Å²) in [6, 6.07) is 0. The summed E-state index contributed by atoms with van der Waals surface area (Å²) in [5.74, 6) is 0. The van der Waals surface area contributed by atoms with E-state index in [1.165, 1.54) is 0 Å². The van der Waals surface area contributed by atoms with Gasteiger partial charge in [0.15, 0.2) is 0 Å². The zero-order chi connectivity index (χ0) is 12.6. The van der Waals surface area contributed by atoms with E-state index in [-0.39, 0.29) is 50.3 Å². The molecule has 0 spiro atoms. The van der Waals surface area contributed by atoms with E-state index in [1.54, 1.807) is 0 Å². The maximum atomic E-state index is 8.59. The van der Waals surface area contributed by atoms with Crippen LogP contribution in [0.3, 0.4) is 0 Å². The van der Waals surface area contributed by atoms with Crippen molar-refractivity contribution < 1.29 is 116 Å². The summed E-state index contributed by atoms with van der Waals surface area (Å²) in [6.07, 6.45) is 0. The summed E-state index contributed by atoms with van der Waals surface area (Å²) in [4.78, 5) is 51.3. The van der Waals surface area contributed by atoms with Gasteiger partial charge in [-0.2, -0.15) is 15.6 Å². The van der Waals surface area contributed by atoms with Crippen LogP contribution in [0.15, 0.2) is 0 Å². The van der Waals surface area contributed by atoms with E-state index in [2.05, 4.69) is 0 Å². The Morgan fingerprint density at radius 1 is 0.588 bits per heavy atom. The van der Waals surface area contributed by atoms with Gasteiger partial charge in [-0.3, -0.25) is 0 Å². The van der Waals surface area contributed by atoms with Crippen LogP contribution in [0, 0.1) is 0 Å². The van der Waals surface area contributed by atoms with Crippen LogP contribution < -0.4 is 29.4 Å². The predicted molar refractivity (Wildman–Crippen MR) is 17.3 cm³/mol. The van der Waals surface area contributed by atoms with E-state index in [0.29, 0.717) is 0 Å². The monoisotopic (exact) mass is 513 g/mol. The average molecular weight is 511 g/mol. The second-order valence-electron chi connectivity index (χ2n) is 1.10. The number of phosphoric acid groups is 2. The molecule has 0 atom stereocenters. The quantitative estimate of drug-likeness (QED) is 0.220. The standard InChI is InChI=1S/3Co.Mo.2H3O4P.3O/c;;;;2*1-5(2,3)4;;;/h;;;;2*(H3,1,2,3,4);;;/q3*+2;;;;;;/p-6. The molecule has 109 valence electrons. The first-order valence-corrected chi connectivity index (χ1v) is 7.34. The van der Waals surface area contributed by atoms with Crippen LogP contribution in [-0.4, -0.2) is 0 Å². The summed E-state index contributed by atoms with van der Waals surface area (Å²) < 4.78 is 42.9. The van der Waals surface area contributed by atoms with E-state index in [1.807, 2.05) is 0 Å². The summed E-state index contributed by atoms with van der Waals surface area (Å²) in [5.41, 5.74) is 0. The Morgan fingerprint density at radius 2 is 0.588 bits per heavy atom. The molecule has 0 aliphatic carbocycles. The summed E-state index contributed by atoms with van der Waals surface area (Å²) in [5, 5.41) is 0. The molecule has 3 radical (unpaired) electrons. The Morgan fingerprint density at radius 3 is 0.588 bits per heavy atom. The van der Waals surface area contributed by atoms with Gasteiger partial charge in [0.05, 0.1) is 0 Å². The number of rotatable bonds is 0. The van der Waals surface area contributed by atoms with Crippen molar-refractivity contribution in [3.8, 4) is 0 Å². The van der Waals surface area contributed by atoms with Crippen LogP contribution in [0.4, 0.5) is 0 Å². The molecule has 0 fully saturated rings. The molecular weight excluding hydrogens is 511 g/mol. The van der Waals surface area contributed by atoms with Gasteiger partial charge in [0, 0.05) is 0 Å². The molecule has 0 saturated heterocycles. The Kier molecular flexibility index (Phi) is 38.1. The summed E-state index contributed by atoms with van der Waals surface area (Å²) >= 11 is -4.11. The number of hydrogen-bond donors (Lipinski definition) is 0. The fraction of sp³-hybridized carbons (Fsp3) is 0. The van der Waals surface area contributed by atoms with Gasteiger partial charge in [-0.15, -0.1) is 0 Å². The normalized spacial score (nSPS) is 8.35. The van der Waals surface area contributed by atoms with Gasteiger partial charge in [0.2, 0.25) is 0 Å². The van der Waals surface area contributed by atoms with Crippen LogP contribution in [0.2, 0.25) is 0 Å². The van der Waals surface area contributed by atoms with Gasteiger partial charge in [-0.1, -0.05) is 0 Å². The van der Waals surface area contributed by atoms with Gasteiger partial charge in [0.25, 0.3) is 0 Å². The zero-order valence-corrected chi connectivity index (χ0v) is 13.7. The number of hydrogen-bond acceptors (Lipinski definition) is 11. The van der Waals surface area contributed by atoms with Crippen molar-refractivity contribution in [2.75, 3.05) is 0 Å². The van der Waals surface area contributed by atoms with E-state index in [0.717, 1.165) is 0 Å². The molecule has 0 aromatic carbocycles. The first kappa shape index (κ1) is 36.4. The molecule has 0 aromatic rings. The molecule has 0 aromatic heterocycles. The summed E-state index contributed by atoms with van der Waals surface area (Å²) in [7, 11) is -10.8. The molecule has 0 aliphatic rings. The van der Waals surface area contributed by atoms with Gasteiger partial charge in [-0.25, -0.2) is 0 Å². The molecule has 0 aliphatic heterocycles. The average Bonchev–Trinajstić information content (AvgIpc) is 1.45. The van der Waals surface area contributed by atoms with Crippen molar-refractivity contribution in [3.63, 3.8) is 0 Å². The molecular formula is Co3MoO11P2. The molecule has 0 N–H and O–H groups in total. The van der Waals surface area contributed by atoms with Gasteiger partial charge in [-0.05, 0) is 0 Å². The Balaban J connectivity index is -0.0000000247. The minimum absolute atomic E-state index is 0. The van der Waals surface area contributed by atoms with Crippen molar-refractivity contribution in [1.29, 1.82) is 0 Å². The van der Waals surface area contributed by atoms with Crippen molar-refractivity contribution >= 4 is 15.6 Å². The van der Waals surface area contributed by atoms with E-state index < -0.39 is 32.8 Å². The third-order valence-electron chi connectivity index (χ3n) is 0. The molecule has 11 nitrogen and oxygen atoms in total. The van der Waals surface area contributed by atoms with Gasteiger partial charge < -0.3 is 38.5 Å². The molecule has 0 rings (SSSR count). The fourth-order valence-corrected chi connectivity index (χ4v) is 0. The first-order valence-electron chi connectivity index (χ1n) is 1.96. The molecule has 0 heterocycles. The zero-order valence-electron chi connectivity index (χ0n) is 6.79. The maximum absolute atomic E-state index is 8.59. The van der Waals surface area contributed by atoms with Crippen molar-refractivity contribution in [3.05, 3.63) is 0 Å². The Labute approximate surface area is 131 Å². The third-order valence-corrected chi connectivity index (χ3v) is 0. The van der Waals surface area contributed by atoms with E-state index in [9.17, 15) is 0 Å². The van der Waals surface area contributed by atoms with Crippen LogP contribution in [-0.2, 0) is 86.9 Å². The molecule has 17 heavy (non-hydrogen) atoms. The molecule has 17 heteroatoms. The van der Waals surface area contributed by atoms with Crippen LogP contribution >= 0.6 is 15.6 Å². The predicted octanol–water partition coefficient (Wildman–Crippen LogP) is -6.02. The Bertz CT molecular complexity index is 275. The second kappa shape index (κ2) is 17.8. The molecule has 0 saturated carbocycles. The molecule has 0 bridgehead atoms. The Hall–Kier alpha value is 1.83. The topological polar surface area (TPSA) is 224 Å². The van der Waals surface area contributed by atoms with Crippen molar-refractivity contribution in [2.24, 2.45) is 0 Å². The fourth-order valence-electron chi connectivity index (χ4n) is 0. The second-order valence-corrected chi connectivity index (χ2v) is 3.89. The minimum atomic E-state index is -5.39. The third kappa shape index (κ3) is 1340. The van der Waals surface area contributed by atoms with E-state index >= 15 is 0 Å². The van der Waals surface area contributed by atoms with E-state index in [4.69, 9.17) is 48.7 Å². The van der Waals surface area contributed by atoms with Crippen LogP contribution in [0.5, 0.6) is 0 Å². The van der Waals surface area contributed by atoms with Crippen molar-refractivity contribution in [1.82, 2.24) is 0 Å². The van der Waals surface area contributed by atoms with Crippen LogP contribution in [0.25, 0.3) is 0 Å². The molecule has 0 amide bonds. The van der Waals surface area contributed by atoms with Crippen molar-refractivity contribution in [2.45, 2.75) is 0 Å². The molecule has 0 unspecified atom stereocenters. The van der Waals surface area contributed by atoms with Gasteiger partial charge in [0.1, 0.15) is 0 Å². The van der Waals surface area contributed by atoms with Crippen LogP contribution in [0.1, 0.15) is 0 Å². The first-order chi connectivity index (χ1) is 5.73. The van der Waals surface area contributed by atoms with Gasteiger partial charge >= 0.3 is 77.7 Å². The SMILES string of the molecule is O=P([O-])([O-])[O-].O=P([O-])([O-])[O-].[Co+2].[Co+2].[Co+2].[O]=[Mo](=[O])=[O]. The summed E-state index contributed by atoms with van der Waals surface area (Å²) in [6.45, 7) is 0.